The molecule has 0 bridgehead atoms. The number of hydrogen-bond acceptors (Lipinski definition) is 5. The Morgan fingerprint density at radius 2 is 1.23 bits per heavy atom. The van der Waals surface area contributed by atoms with Crippen LogP contribution in [0.4, 0.5) is 0 Å². The predicted molar refractivity (Wildman–Crippen MR) is 115 cm³/mol. The molecule has 3 aromatic carbocycles. The van der Waals surface area contributed by atoms with Gasteiger partial charge in [0.2, 0.25) is 5.78 Å². The lowest BCUT2D eigenvalue weighted by Gasteiger charge is -2.24. The molecule has 30 heavy (non-hydrogen) atoms. The predicted octanol–water partition coefficient (Wildman–Crippen LogP) is 4.42. The quantitative estimate of drug-likeness (QED) is 0.416. The summed E-state index contributed by atoms with van der Waals surface area (Å²) in [5.41, 5.74) is 2.33. The van der Waals surface area contributed by atoms with Crippen molar-refractivity contribution in [3.63, 3.8) is 0 Å². The number of ketones is 1. The SMILES string of the molecule is COc1cc2c3c(c4cc(OC)c(OC)cc4c2cc1OC)C(=O)c1cccn1C3. The minimum absolute atomic E-state index is 0.00449. The summed E-state index contributed by atoms with van der Waals surface area (Å²) in [6, 6.07) is 11.5. The van der Waals surface area contributed by atoms with E-state index < -0.39 is 0 Å². The van der Waals surface area contributed by atoms with Crippen molar-refractivity contribution in [3.05, 3.63) is 59.4 Å². The summed E-state index contributed by atoms with van der Waals surface area (Å²) in [4.78, 5) is 13.5. The number of carbonyl (C=O) groups excluding carboxylic acids is 1. The van der Waals surface area contributed by atoms with E-state index in [-0.39, 0.29) is 5.78 Å². The molecule has 0 fully saturated rings. The van der Waals surface area contributed by atoms with Crippen molar-refractivity contribution < 1.29 is 23.7 Å². The number of carbonyl (C=O) groups is 1. The molecule has 0 amide bonds. The van der Waals surface area contributed by atoms with Crippen molar-refractivity contribution in [1.29, 1.82) is 0 Å². The van der Waals surface area contributed by atoms with Crippen molar-refractivity contribution >= 4 is 27.3 Å². The molecule has 0 saturated carbocycles. The second-order valence-corrected chi connectivity index (χ2v) is 7.21. The van der Waals surface area contributed by atoms with Crippen molar-refractivity contribution in [1.82, 2.24) is 4.57 Å². The molecule has 6 heteroatoms. The molecule has 0 spiro atoms. The zero-order valence-electron chi connectivity index (χ0n) is 17.2. The Kier molecular flexibility index (Phi) is 4.10. The molecular weight excluding hydrogens is 382 g/mol. The Bertz CT molecular complexity index is 1340. The highest BCUT2D eigenvalue weighted by molar-refractivity contribution is 6.24. The maximum absolute atomic E-state index is 13.5. The van der Waals surface area contributed by atoms with Crippen LogP contribution >= 0.6 is 0 Å². The van der Waals surface area contributed by atoms with E-state index in [1.807, 2.05) is 47.2 Å². The van der Waals surface area contributed by atoms with Gasteiger partial charge in [0, 0.05) is 18.3 Å². The average Bonchev–Trinajstić information content (AvgIpc) is 3.26. The first kappa shape index (κ1) is 18.4. The van der Waals surface area contributed by atoms with Crippen LogP contribution in [0.25, 0.3) is 21.5 Å². The Balaban J connectivity index is 1.99. The third-order valence-corrected chi connectivity index (χ3v) is 5.85. The third-order valence-electron chi connectivity index (χ3n) is 5.85. The minimum Gasteiger partial charge on any atom is -0.493 e. The van der Waals surface area contributed by atoms with Gasteiger partial charge < -0.3 is 23.5 Å². The van der Waals surface area contributed by atoms with Crippen LogP contribution in [0.2, 0.25) is 0 Å². The van der Waals surface area contributed by atoms with E-state index in [0.29, 0.717) is 40.8 Å². The number of benzene rings is 3. The fourth-order valence-corrected chi connectivity index (χ4v) is 4.44. The number of nitrogens with zero attached hydrogens (tertiary/aromatic N) is 1. The molecule has 0 unspecified atom stereocenters. The molecule has 1 aliphatic heterocycles. The van der Waals surface area contributed by atoms with Crippen molar-refractivity contribution in [2.75, 3.05) is 28.4 Å². The molecule has 5 rings (SSSR count). The van der Waals surface area contributed by atoms with Crippen molar-refractivity contribution in [2.24, 2.45) is 0 Å². The summed E-state index contributed by atoms with van der Waals surface area (Å²) < 4.78 is 24.2. The lowest BCUT2D eigenvalue weighted by Crippen LogP contribution is -2.20. The van der Waals surface area contributed by atoms with Gasteiger partial charge in [-0.25, -0.2) is 0 Å². The number of ether oxygens (including phenoxy) is 4. The molecule has 0 N–H and O–H groups in total. The fourth-order valence-electron chi connectivity index (χ4n) is 4.44. The van der Waals surface area contributed by atoms with E-state index in [9.17, 15) is 4.79 Å². The molecule has 1 aromatic heterocycles. The molecular formula is C24H21NO5. The first-order chi connectivity index (χ1) is 14.6. The first-order valence-corrected chi connectivity index (χ1v) is 9.57. The second-order valence-electron chi connectivity index (χ2n) is 7.21. The zero-order chi connectivity index (χ0) is 21.0. The van der Waals surface area contributed by atoms with Gasteiger partial charge in [0.25, 0.3) is 0 Å². The van der Waals surface area contributed by atoms with Crippen LogP contribution < -0.4 is 18.9 Å². The van der Waals surface area contributed by atoms with Crippen molar-refractivity contribution in [3.8, 4) is 23.0 Å². The molecule has 2 heterocycles. The van der Waals surface area contributed by atoms with E-state index in [1.54, 1.807) is 28.4 Å². The fraction of sp³-hybridized carbons (Fsp3) is 0.208. The largest absolute Gasteiger partial charge is 0.493 e. The standard InChI is InChI=1S/C24H21NO5/c1-27-19-8-13-14-9-20(28-2)22(30-4)11-16(14)23-17(15(13)10-21(19)29-3)12-25-7-5-6-18(25)24(23)26/h5-11H,12H2,1-4H3. The Morgan fingerprint density at radius 3 is 1.80 bits per heavy atom. The molecule has 0 aliphatic carbocycles. The second kappa shape index (κ2) is 6.69. The summed E-state index contributed by atoms with van der Waals surface area (Å²) in [5, 5.41) is 3.65. The highest BCUT2D eigenvalue weighted by Gasteiger charge is 2.29. The Labute approximate surface area is 173 Å². The maximum Gasteiger partial charge on any atom is 0.210 e. The van der Waals surface area contributed by atoms with Crippen LogP contribution in [0.5, 0.6) is 23.0 Å². The van der Waals surface area contributed by atoms with Gasteiger partial charge in [-0.2, -0.15) is 0 Å². The van der Waals surface area contributed by atoms with Crippen LogP contribution in [0.15, 0.2) is 42.6 Å². The normalized spacial score (nSPS) is 12.6. The molecule has 6 nitrogen and oxygen atoms in total. The van der Waals surface area contributed by atoms with Crippen LogP contribution in [0.1, 0.15) is 21.6 Å². The highest BCUT2D eigenvalue weighted by Crippen LogP contribution is 2.45. The van der Waals surface area contributed by atoms with Crippen molar-refractivity contribution in [2.45, 2.75) is 6.54 Å². The van der Waals surface area contributed by atoms with Crippen LogP contribution in [0, 0.1) is 0 Å². The summed E-state index contributed by atoms with van der Waals surface area (Å²) in [6.45, 7) is 0.597. The molecule has 152 valence electrons. The van der Waals surface area contributed by atoms with Gasteiger partial charge in [0.15, 0.2) is 23.0 Å². The summed E-state index contributed by atoms with van der Waals surface area (Å²) in [6.07, 6.45) is 1.93. The molecule has 1 aliphatic rings. The Morgan fingerprint density at radius 1 is 0.733 bits per heavy atom. The van der Waals surface area contributed by atoms with Gasteiger partial charge in [-0.15, -0.1) is 0 Å². The van der Waals surface area contributed by atoms with E-state index in [4.69, 9.17) is 18.9 Å². The average molecular weight is 403 g/mol. The van der Waals surface area contributed by atoms with Gasteiger partial charge in [0.1, 0.15) is 0 Å². The molecule has 0 radical (unpaired) electrons. The minimum atomic E-state index is -0.00449. The number of aromatic nitrogens is 1. The van der Waals surface area contributed by atoms with Gasteiger partial charge >= 0.3 is 0 Å². The smallest absolute Gasteiger partial charge is 0.210 e. The number of methoxy groups -OCH3 is 4. The van der Waals surface area contributed by atoms with Crippen LogP contribution in [-0.2, 0) is 6.54 Å². The first-order valence-electron chi connectivity index (χ1n) is 9.57. The highest BCUT2D eigenvalue weighted by atomic mass is 16.5. The van der Waals surface area contributed by atoms with Gasteiger partial charge in [-0.3, -0.25) is 4.79 Å². The lowest BCUT2D eigenvalue weighted by molar-refractivity contribution is 0.102. The molecule has 4 aromatic rings. The van der Waals surface area contributed by atoms with E-state index in [1.165, 1.54) is 0 Å². The topological polar surface area (TPSA) is 58.9 Å². The molecule has 0 saturated heterocycles. The zero-order valence-corrected chi connectivity index (χ0v) is 17.2. The number of hydrogen-bond donors (Lipinski definition) is 0. The van der Waals surface area contributed by atoms with Gasteiger partial charge in [-0.05, 0) is 63.5 Å². The van der Waals surface area contributed by atoms with E-state index in [0.717, 1.165) is 27.1 Å². The third kappa shape index (κ3) is 2.40. The lowest BCUT2D eigenvalue weighted by atomic mass is 9.86. The number of rotatable bonds is 4. The molecule has 0 atom stereocenters. The summed E-state index contributed by atoms with van der Waals surface area (Å²) in [5.74, 6) is 2.44. The summed E-state index contributed by atoms with van der Waals surface area (Å²) >= 11 is 0. The van der Waals surface area contributed by atoms with Gasteiger partial charge in [0.05, 0.1) is 34.1 Å². The maximum atomic E-state index is 13.5. The monoisotopic (exact) mass is 403 g/mol. The van der Waals surface area contributed by atoms with E-state index in [2.05, 4.69) is 0 Å². The van der Waals surface area contributed by atoms with Gasteiger partial charge in [-0.1, -0.05) is 0 Å². The van der Waals surface area contributed by atoms with Crippen LogP contribution in [-0.4, -0.2) is 38.8 Å². The van der Waals surface area contributed by atoms with Crippen LogP contribution in [0.3, 0.4) is 0 Å². The summed E-state index contributed by atoms with van der Waals surface area (Å²) in [7, 11) is 6.42. The number of fused-ring (bicyclic) bond motifs is 7. The Hall–Kier alpha value is -3.67. The van der Waals surface area contributed by atoms with E-state index >= 15 is 0 Å².